The number of nitrogens with one attached hydrogen (secondary N) is 2. The van der Waals surface area contributed by atoms with E-state index >= 15 is 0 Å². The van der Waals surface area contributed by atoms with E-state index in [1.807, 2.05) is 0 Å². The van der Waals surface area contributed by atoms with Crippen molar-refractivity contribution in [3.63, 3.8) is 0 Å². The van der Waals surface area contributed by atoms with E-state index in [1.165, 1.54) is 30.7 Å². The molecule has 0 amide bonds. The maximum atomic E-state index is 4.47. The molecule has 1 saturated carbocycles. The molecule has 1 aliphatic carbocycles. The van der Waals surface area contributed by atoms with Crippen molar-refractivity contribution in [2.45, 2.75) is 31.6 Å². The molecule has 2 aromatic heterocycles. The molecule has 17 heavy (non-hydrogen) atoms. The van der Waals surface area contributed by atoms with Gasteiger partial charge in [0.25, 0.3) is 0 Å². The Hall–Kier alpha value is -1.50. The van der Waals surface area contributed by atoms with Crippen molar-refractivity contribution in [3.8, 4) is 0 Å². The second-order valence-corrected chi connectivity index (χ2v) is 4.95. The lowest BCUT2D eigenvalue weighted by Gasteiger charge is -1.99. The van der Waals surface area contributed by atoms with Crippen molar-refractivity contribution in [3.05, 3.63) is 18.0 Å². The number of anilines is 1. The van der Waals surface area contributed by atoms with Gasteiger partial charge in [-0.25, -0.2) is 9.97 Å². The lowest BCUT2D eigenvalue weighted by atomic mass is 10.3. The number of hydrogen-bond acceptors (Lipinski definition) is 6. The summed E-state index contributed by atoms with van der Waals surface area (Å²) in [5.74, 6) is 2.59. The number of hydrogen-bond donors (Lipinski definition) is 2. The molecule has 1 fully saturated rings. The van der Waals surface area contributed by atoms with Crippen LogP contribution >= 0.6 is 11.5 Å². The van der Waals surface area contributed by atoms with E-state index in [0.29, 0.717) is 5.92 Å². The monoisotopic (exact) mass is 250 g/mol. The summed E-state index contributed by atoms with van der Waals surface area (Å²) in [6, 6.07) is 0. The van der Waals surface area contributed by atoms with E-state index in [1.54, 1.807) is 0 Å². The average molecular weight is 250 g/mol. The molecule has 0 aliphatic heterocycles. The molecule has 0 radical (unpaired) electrons. The van der Waals surface area contributed by atoms with Gasteiger partial charge in [-0.05, 0) is 19.3 Å². The Balaban J connectivity index is 1.41. The molecule has 0 bridgehead atoms. The predicted molar refractivity (Wildman–Crippen MR) is 65.1 cm³/mol. The Kier molecular flexibility index (Phi) is 3.00. The Morgan fingerprint density at radius 3 is 3.18 bits per heavy atom. The maximum absolute atomic E-state index is 4.47. The molecule has 2 aromatic rings. The van der Waals surface area contributed by atoms with Gasteiger partial charge in [0.2, 0.25) is 5.13 Å². The molecule has 0 atom stereocenters. The second kappa shape index (κ2) is 4.79. The SMILES string of the molecule is c1n[nH]c(CCCNc2nc(C3CC3)ns2)n1. The van der Waals surface area contributed by atoms with E-state index in [4.69, 9.17) is 0 Å². The zero-order chi connectivity index (χ0) is 11.5. The summed E-state index contributed by atoms with van der Waals surface area (Å²) in [5.41, 5.74) is 0. The van der Waals surface area contributed by atoms with Gasteiger partial charge in [0.1, 0.15) is 18.0 Å². The fourth-order valence-corrected chi connectivity index (χ4v) is 2.29. The molecule has 0 aromatic carbocycles. The van der Waals surface area contributed by atoms with Gasteiger partial charge >= 0.3 is 0 Å². The third kappa shape index (κ3) is 2.79. The summed E-state index contributed by atoms with van der Waals surface area (Å²) in [6.45, 7) is 0.889. The van der Waals surface area contributed by atoms with E-state index in [9.17, 15) is 0 Å². The predicted octanol–water partition coefficient (Wildman–Crippen LogP) is 1.58. The van der Waals surface area contributed by atoms with Crippen molar-refractivity contribution in [2.24, 2.45) is 0 Å². The highest BCUT2D eigenvalue weighted by Crippen LogP contribution is 2.39. The van der Waals surface area contributed by atoms with Gasteiger partial charge in [0.15, 0.2) is 0 Å². The Morgan fingerprint density at radius 1 is 1.47 bits per heavy atom. The third-order valence-electron chi connectivity index (χ3n) is 2.72. The number of H-pyrrole nitrogens is 1. The van der Waals surface area contributed by atoms with Gasteiger partial charge in [-0.3, -0.25) is 5.10 Å². The Morgan fingerprint density at radius 2 is 2.41 bits per heavy atom. The normalized spacial score (nSPS) is 15.1. The number of aromatic amines is 1. The second-order valence-electron chi connectivity index (χ2n) is 4.19. The lowest BCUT2D eigenvalue weighted by Crippen LogP contribution is -2.03. The van der Waals surface area contributed by atoms with Crippen LogP contribution in [-0.4, -0.2) is 31.1 Å². The van der Waals surface area contributed by atoms with Crippen LogP contribution in [0.25, 0.3) is 0 Å². The maximum Gasteiger partial charge on any atom is 0.202 e. The molecule has 6 nitrogen and oxygen atoms in total. The minimum Gasteiger partial charge on any atom is -0.360 e. The zero-order valence-corrected chi connectivity index (χ0v) is 10.2. The molecule has 2 heterocycles. The van der Waals surface area contributed by atoms with E-state index in [-0.39, 0.29) is 0 Å². The first-order valence-electron chi connectivity index (χ1n) is 5.83. The molecule has 1 aliphatic rings. The number of aryl methyl sites for hydroxylation is 1. The van der Waals surface area contributed by atoms with Crippen LogP contribution in [0.15, 0.2) is 6.33 Å². The summed E-state index contributed by atoms with van der Waals surface area (Å²) in [5, 5.41) is 10.9. The van der Waals surface area contributed by atoms with Gasteiger partial charge in [0.05, 0.1) is 0 Å². The summed E-state index contributed by atoms with van der Waals surface area (Å²) >= 11 is 1.46. The van der Waals surface area contributed by atoms with Crippen LogP contribution in [0.2, 0.25) is 0 Å². The molecule has 7 heteroatoms. The van der Waals surface area contributed by atoms with E-state index < -0.39 is 0 Å². The van der Waals surface area contributed by atoms with Gasteiger partial charge in [-0.15, -0.1) is 0 Å². The Labute approximate surface area is 103 Å². The van der Waals surface area contributed by atoms with Crippen LogP contribution in [0.5, 0.6) is 0 Å². The van der Waals surface area contributed by atoms with E-state index in [2.05, 4.69) is 29.9 Å². The summed E-state index contributed by atoms with van der Waals surface area (Å²) in [7, 11) is 0. The topological polar surface area (TPSA) is 79.4 Å². The molecule has 0 unspecified atom stereocenters. The molecule has 2 N–H and O–H groups in total. The highest BCUT2D eigenvalue weighted by atomic mass is 32.1. The third-order valence-corrected chi connectivity index (χ3v) is 3.40. The molecular weight excluding hydrogens is 236 g/mol. The van der Waals surface area contributed by atoms with Crippen LogP contribution in [-0.2, 0) is 6.42 Å². The first-order valence-corrected chi connectivity index (χ1v) is 6.61. The van der Waals surface area contributed by atoms with Crippen LogP contribution in [0.1, 0.15) is 36.8 Å². The quantitative estimate of drug-likeness (QED) is 0.761. The summed E-state index contributed by atoms with van der Waals surface area (Å²) < 4.78 is 4.35. The van der Waals surface area contributed by atoms with Crippen molar-refractivity contribution < 1.29 is 0 Å². The molecule has 90 valence electrons. The van der Waals surface area contributed by atoms with Crippen molar-refractivity contribution in [2.75, 3.05) is 11.9 Å². The van der Waals surface area contributed by atoms with Crippen molar-refractivity contribution >= 4 is 16.7 Å². The highest BCUT2D eigenvalue weighted by Gasteiger charge is 2.27. The van der Waals surface area contributed by atoms with Gasteiger partial charge in [-0.2, -0.15) is 9.47 Å². The summed E-state index contributed by atoms with van der Waals surface area (Å²) in [4.78, 5) is 8.54. The van der Waals surface area contributed by atoms with Crippen molar-refractivity contribution in [1.29, 1.82) is 0 Å². The minimum absolute atomic E-state index is 0.635. The molecule has 0 spiro atoms. The van der Waals surface area contributed by atoms with E-state index in [0.717, 1.165) is 36.2 Å². The average Bonchev–Trinajstić information content (AvgIpc) is 2.89. The highest BCUT2D eigenvalue weighted by molar-refractivity contribution is 7.09. The van der Waals surface area contributed by atoms with Crippen LogP contribution in [0.4, 0.5) is 5.13 Å². The lowest BCUT2D eigenvalue weighted by molar-refractivity contribution is 0.804. The largest absolute Gasteiger partial charge is 0.360 e. The standard InChI is InChI=1S/C10H14N6S/c1(2-8-12-6-13-15-8)5-11-10-14-9(16-17-10)7-3-4-7/h6-7H,1-5H2,(H,11,14,16)(H,12,13,15). The fourth-order valence-electron chi connectivity index (χ4n) is 1.62. The molecule has 0 saturated heterocycles. The molecule has 3 rings (SSSR count). The van der Waals surface area contributed by atoms with Gasteiger partial charge in [-0.1, -0.05) is 0 Å². The van der Waals surface area contributed by atoms with Crippen LogP contribution in [0, 0.1) is 0 Å². The number of nitrogens with zero attached hydrogens (tertiary/aromatic N) is 4. The fraction of sp³-hybridized carbons (Fsp3) is 0.600. The summed E-state index contributed by atoms with van der Waals surface area (Å²) in [6.07, 6.45) is 5.95. The molecular formula is C10H14N6S. The Bertz CT molecular complexity index is 461. The first-order chi connectivity index (χ1) is 8.42. The number of rotatable bonds is 6. The van der Waals surface area contributed by atoms with Crippen molar-refractivity contribution in [1.82, 2.24) is 24.5 Å². The first kappa shape index (κ1) is 10.6. The van der Waals surface area contributed by atoms with Crippen LogP contribution in [0.3, 0.4) is 0 Å². The minimum atomic E-state index is 0.635. The van der Waals surface area contributed by atoms with Gasteiger partial charge < -0.3 is 5.32 Å². The number of aromatic nitrogens is 5. The van der Waals surface area contributed by atoms with Gasteiger partial charge in [0, 0.05) is 30.4 Å². The smallest absolute Gasteiger partial charge is 0.202 e. The van der Waals surface area contributed by atoms with Crippen LogP contribution < -0.4 is 5.32 Å². The zero-order valence-electron chi connectivity index (χ0n) is 9.39.